The number of fused-ring (bicyclic) bond motifs is 5. The molecule has 194 valence electrons. The van der Waals surface area contributed by atoms with E-state index in [1.807, 2.05) is 24.3 Å². The summed E-state index contributed by atoms with van der Waals surface area (Å²) in [6, 6.07) is 31.9. The minimum atomic E-state index is -0.960. The summed E-state index contributed by atoms with van der Waals surface area (Å²) in [5.41, 5.74) is 3.67. The molecule has 0 bridgehead atoms. The molecule has 0 saturated heterocycles. The normalized spacial score (nSPS) is 13.0. The number of hydrogen-bond acceptors (Lipinski definition) is 2. The van der Waals surface area contributed by atoms with Crippen LogP contribution in [-0.4, -0.2) is 22.2 Å². The van der Waals surface area contributed by atoms with E-state index in [4.69, 9.17) is 0 Å². The van der Waals surface area contributed by atoms with Gasteiger partial charge in [-0.05, 0) is 115 Å². The van der Waals surface area contributed by atoms with Crippen molar-refractivity contribution in [2.75, 3.05) is 0 Å². The average molecular weight is 523 g/mol. The first kappa shape index (κ1) is 24.1. The highest BCUT2D eigenvalue weighted by molar-refractivity contribution is 6.24. The van der Waals surface area contributed by atoms with Gasteiger partial charge < -0.3 is 10.2 Å². The second-order valence-electron chi connectivity index (χ2n) is 10.6. The van der Waals surface area contributed by atoms with Gasteiger partial charge in [-0.2, -0.15) is 0 Å². The van der Waals surface area contributed by atoms with E-state index in [0.29, 0.717) is 0 Å². The quantitative estimate of drug-likeness (QED) is 0.222. The lowest BCUT2D eigenvalue weighted by Gasteiger charge is -2.18. The summed E-state index contributed by atoms with van der Waals surface area (Å²) in [6.45, 7) is 0. The molecule has 0 amide bonds. The Kier molecular flexibility index (Phi) is 5.64. The number of hydrogen-bond donors (Lipinski definition) is 2. The molecule has 1 aliphatic rings. The van der Waals surface area contributed by atoms with Crippen LogP contribution in [0.4, 0.5) is 0 Å². The van der Waals surface area contributed by atoms with Gasteiger partial charge in [0.05, 0.1) is 11.1 Å². The summed E-state index contributed by atoms with van der Waals surface area (Å²) < 4.78 is 0. The van der Waals surface area contributed by atoms with Gasteiger partial charge >= 0.3 is 11.9 Å². The molecule has 7 aromatic rings. The van der Waals surface area contributed by atoms with E-state index in [9.17, 15) is 19.8 Å². The molecule has 0 spiro atoms. The molecule has 0 aromatic heterocycles. The number of carboxylic acids is 2. The van der Waals surface area contributed by atoms with Crippen molar-refractivity contribution in [2.24, 2.45) is 0 Å². The van der Waals surface area contributed by atoms with Gasteiger partial charge in [-0.3, -0.25) is 0 Å². The molecule has 4 nitrogen and oxygen atoms in total. The van der Waals surface area contributed by atoms with E-state index in [1.165, 1.54) is 47.2 Å². The molecule has 40 heavy (non-hydrogen) atoms. The van der Waals surface area contributed by atoms with E-state index >= 15 is 0 Å². The van der Waals surface area contributed by atoms with Crippen molar-refractivity contribution in [2.45, 2.75) is 25.7 Å². The Morgan fingerprint density at radius 2 is 1.00 bits per heavy atom. The Balaban J connectivity index is 0.000000135. The summed E-state index contributed by atoms with van der Waals surface area (Å²) >= 11 is 0. The van der Waals surface area contributed by atoms with E-state index in [-0.39, 0.29) is 11.1 Å². The third-order valence-electron chi connectivity index (χ3n) is 8.29. The molecule has 2 N–H and O–H groups in total. The molecule has 0 unspecified atom stereocenters. The van der Waals surface area contributed by atoms with Gasteiger partial charge in [0.15, 0.2) is 0 Å². The van der Waals surface area contributed by atoms with Gasteiger partial charge in [-0.15, -0.1) is 0 Å². The molecule has 4 heteroatoms. The molecule has 0 saturated carbocycles. The number of aryl methyl sites for hydroxylation is 2. The smallest absolute Gasteiger partial charge is 0.335 e. The van der Waals surface area contributed by atoms with Gasteiger partial charge in [0.1, 0.15) is 0 Å². The van der Waals surface area contributed by atoms with Gasteiger partial charge in [-0.25, -0.2) is 9.59 Å². The minimum absolute atomic E-state index is 0.247. The lowest BCUT2D eigenvalue weighted by molar-refractivity contribution is 0.0686. The first-order chi connectivity index (χ1) is 19.5. The number of benzene rings is 7. The zero-order valence-electron chi connectivity index (χ0n) is 21.8. The predicted molar refractivity (Wildman–Crippen MR) is 162 cm³/mol. The summed E-state index contributed by atoms with van der Waals surface area (Å²) in [6.07, 6.45) is 5.22. The molecular formula is C36H26O4. The molecule has 0 atom stereocenters. The van der Waals surface area contributed by atoms with Crippen LogP contribution in [0.2, 0.25) is 0 Å². The maximum atomic E-state index is 11.2. The van der Waals surface area contributed by atoms with Crippen LogP contribution in [0, 0.1) is 0 Å². The topological polar surface area (TPSA) is 74.6 Å². The Morgan fingerprint density at radius 1 is 0.500 bits per heavy atom. The highest BCUT2D eigenvalue weighted by atomic mass is 16.4. The minimum Gasteiger partial charge on any atom is -0.478 e. The van der Waals surface area contributed by atoms with E-state index in [0.717, 1.165) is 32.3 Å². The van der Waals surface area contributed by atoms with Crippen LogP contribution >= 0.6 is 0 Å². The van der Waals surface area contributed by atoms with Gasteiger partial charge in [0, 0.05) is 0 Å². The monoisotopic (exact) mass is 522 g/mol. The second kappa shape index (κ2) is 9.35. The fourth-order valence-corrected chi connectivity index (χ4v) is 6.43. The van der Waals surface area contributed by atoms with Crippen molar-refractivity contribution in [3.63, 3.8) is 0 Å². The summed E-state index contributed by atoms with van der Waals surface area (Å²) in [5, 5.41) is 29.4. The van der Waals surface area contributed by atoms with Gasteiger partial charge in [-0.1, -0.05) is 72.8 Å². The SMILES string of the molecule is O=C(O)c1cc2ccc3cc(C(=O)O)cc4ccc(c1)c2c34.c1ccc2c(c1)ccc1c3c(ccc12)CCCC3. The lowest BCUT2D eigenvalue weighted by atomic mass is 9.86. The van der Waals surface area contributed by atoms with E-state index < -0.39 is 11.9 Å². The van der Waals surface area contributed by atoms with Crippen LogP contribution in [0.1, 0.15) is 44.7 Å². The number of rotatable bonds is 2. The van der Waals surface area contributed by atoms with Crippen LogP contribution in [0.5, 0.6) is 0 Å². The Labute approximate surface area is 230 Å². The number of aromatic carboxylic acids is 2. The molecule has 1 aliphatic carbocycles. The zero-order valence-corrected chi connectivity index (χ0v) is 21.8. The maximum absolute atomic E-state index is 11.2. The van der Waals surface area contributed by atoms with Crippen molar-refractivity contribution in [3.05, 3.63) is 119 Å². The first-order valence-corrected chi connectivity index (χ1v) is 13.6. The zero-order chi connectivity index (χ0) is 27.4. The van der Waals surface area contributed by atoms with Crippen LogP contribution in [0.15, 0.2) is 97.1 Å². The van der Waals surface area contributed by atoms with Crippen molar-refractivity contribution in [1.29, 1.82) is 0 Å². The lowest BCUT2D eigenvalue weighted by Crippen LogP contribution is -2.02. The van der Waals surface area contributed by atoms with Crippen LogP contribution in [0.25, 0.3) is 53.9 Å². The third kappa shape index (κ3) is 3.92. The summed E-state index contributed by atoms with van der Waals surface area (Å²) in [7, 11) is 0. The summed E-state index contributed by atoms with van der Waals surface area (Å²) in [4.78, 5) is 22.4. The van der Waals surface area contributed by atoms with Gasteiger partial charge in [0.2, 0.25) is 0 Å². The fourth-order valence-electron chi connectivity index (χ4n) is 6.43. The molecule has 0 fully saturated rings. The van der Waals surface area contributed by atoms with E-state index in [2.05, 4.69) is 48.5 Å². The standard InChI is InChI=1S/C18H10O4.C18H16/c19-17(20)13-5-9-1-2-10-6-14(18(21)22)8-12-4-3-11(7-13)15(9)16(10)12;1-3-7-15-13(5-1)9-11-18-16-8-4-2-6-14(16)10-12-17(15)18/h1-8H,(H,19,20)(H,21,22);1,3,5,7,9-12H,2,4,6,8H2. The number of carbonyl (C=O) groups is 2. The predicted octanol–water partition coefficient (Wildman–Crippen LogP) is 8.85. The average Bonchev–Trinajstić information content (AvgIpc) is 2.99. The van der Waals surface area contributed by atoms with Crippen molar-refractivity contribution >= 4 is 65.8 Å². The Hall–Kier alpha value is -4.96. The highest BCUT2D eigenvalue weighted by Crippen LogP contribution is 2.36. The van der Waals surface area contributed by atoms with Crippen LogP contribution in [0.3, 0.4) is 0 Å². The second-order valence-corrected chi connectivity index (χ2v) is 10.6. The maximum Gasteiger partial charge on any atom is 0.335 e. The molecule has 0 radical (unpaired) electrons. The summed E-state index contributed by atoms with van der Waals surface area (Å²) in [5.74, 6) is -1.92. The Morgan fingerprint density at radius 3 is 1.57 bits per heavy atom. The number of carboxylic acid groups (broad SMARTS) is 2. The third-order valence-corrected chi connectivity index (χ3v) is 8.29. The molecule has 8 rings (SSSR count). The molecular weight excluding hydrogens is 496 g/mol. The highest BCUT2D eigenvalue weighted by Gasteiger charge is 2.15. The largest absolute Gasteiger partial charge is 0.478 e. The molecule has 0 heterocycles. The van der Waals surface area contributed by atoms with Crippen LogP contribution in [-0.2, 0) is 12.8 Å². The van der Waals surface area contributed by atoms with Crippen LogP contribution < -0.4 is 0 Å². The van der Waals surface area contributed by atoms with Crippen molar-refractivity contribution in [1.82, 2.24) is 0 Å². The fraction of sp³-hybridized carbons (Fsp3) is 0.111. The Bertz CT molecular complexity index is 1970. The van der Waals surface area contributed by atoms with Crippen molar-refractivity contribution in [3.8, 4) is 0 Å². The van der Waals surface area contributed by atoms with Gasteiger partial charge in [0.25, 0.3) is 0 Å². The molecule has 0 aliphatic heterocycles. The van der Waals surface area contributed by atoms with Crippen molar-refractivity contribution < 1.29 is 19.8 Å². The first-order valence-electron chi connectivity index (χ1n) is 13.6. The van der Waals surface area contributed by atoms with E-state index in [1.54, 1.807) is 35.4 Å². The molecule has 7 aromatic carbocycles.